The van der Waals surface area contributed by atoms with Crippen LogP contribution in [0.3, 0.4) is 0 Å². The number of anilines is 1. The van der Waals surface area contributed by atoms with Gasteiger partial charge in [-0.05, 0) is 50.5 Å². The number of carbonyl (C=O) groups is 1. The minimum absolute atomic E-state index is 0.0849. The molecule has 0 saturated carbocycles. The maximum atomic E-state index is 13.4. The maximum absolute atomic E-state index is 13.4. The van der Waals surface area contributed by atoms with Crippen molar-refractivity contribution in [3.8, 4) is 0 Å². The Morgan fingerprint density at radius 3 is 2.12 bits per heavy atom. The van der Waals surface area contributed by atoms with Crippen LogP contribution in [0.25, 0.3) is 10.2 Å². The van der Waals surface area contributed by atoms with Crippen molar-refractivity contribution in [2.75, 3.05) is 52.4 Å². The number of likely N-dealkylation sites (N-methyl/N-ethyl adjacent to an activating group) is 1. The number of thiazole rings is 1. The van der Waals surface area contributed by atoms with E-state index < -0.39 is 19.9 Å². The van der Waals surface area contributed by atoms with E-state index in [0.29, 0.717) is 34.0 Å². The quantitative estimate of drug-likeness (QED) is 0.457. The first-order chi connectivity index (χ1) is 15.3. The van der Waals surface area contributed by atoms with Crippen molar-refractivity contribution in [3.05, 3.63) is 48.0 Å². The van der Waals surface area contributed by atoms with Gasteiger partial charge in [-0.2, -0.15) is 0 Å². The molecular formula is C21H26N4O5S3. The summed E-state index contributed by atoms with van der Waals surface area (Å²) in [6, 6.07) is 10.6. The molecule has 2 aromatic carbocycles. The number of carbonyl (C=O) groups excluding carboxylic acids is 1. The van der Waals surface area contributed by atoms with Crippen molar-refractivity contribution >= 4 is 52.5 Å². The molecular weight excluding hydrogens is 484 g/mol. The van der Waals surface area contributed by atoms with Crippen LogP contribution in [-0.2, 0) is 19.9 Å². The number of aromatic nitrogens is 1. The molecule has 0 fully saturated rings. The van der Waals surface area contributed by atoms with E-state index in [1.54, 1.807) is 12.1 Å². The van der Waals surface area contributed by atoms with Crippen LogP contribution in [0.1, 0.15) is 10.4 Å². The van der Waals surface area contributed by atoms with Crippen LogP contribution in [0.5, 0.6) is 0 Å². The zero-order chi connectivity index (χ0) is 24.6. The van der Waals surface area contributed by atoms with Crippen LogP contribution >= 0.6 is 11.3 Å². The van der Waals surface area contributed by atoms with Gasteiger partial charge in [-0.25, -0.2) is 26.1 Å². The highest BCUT2D eigenvalue weighted by Crippen LogP contribution is 2.33. The summed E-state index contributed by atoms with van der Waals surface area (Å²) in [6.07, 6.45) is 1.12. The molecule has 9 nitrogen and oxygen atoms in total. The maximum Gasteiger partial charge on any atom is 0.260 e. The number of benzene rings is 2. The molecule has 0 unspecified atom stereocenters. The smallest absolute Gasteiger partial charge is 0.260 e. The van der Waals surface area contributed by atoms with Gasteiger partial charge in [0.05, 0.1) is 14.5 Å². The van der Waals surface area contributed by atoms with E-state index >= 15 is 0 Å². The number of sulfone groups is 1. The summed E-state index contributed by atoms with van der Waals surface area (Å²) >= 11 is 1.23. The molecule has 12 heteroatoms. The Hall–Kier alpha value is -2.38. The summed E-state index contributed by atoms with van der Waals surface area (Å²) in [5.41, 5.74) is 0.629. The molecule has 33 heavy (non-hydrogen) atoms. The van der Waals surface area contributed by atoms with Gasteiger partial charge in [0, 0.05) is 39.0 Å². The van der Waals surface area contributed by atoms with Crippen LogP contribution < -0.4 is 4.90 Å². The van der Waals surface area contributed by atoms with Gasteiger partial charge >= 0.3 is 0 Å². The molecule has 0 bridgehead atoms. The standard InChI is InChI=1S/C21H26N4O5S3/c1-23(2)13-14-25(20(26)15-9-11-16(12-10-15)33(29,30)24(3)4)21-22-19-17(31-21)7-6-8-18(19)32(5,27)28/h6-12H,13-14H2,1-5H3. The number of hydrogen-bond acceptors (Lipinski definition) is 8. The highest BCUT2D eigenvalue weighted by Gasteiger charge is 2.24. The number of fused-ring (bicyclic) bond motifs is 1. The number of amides is 1. The highest BCUT2D eigenvalue weighted by molar-refractivity contribution is 7.91. The lowest BCUT2D eigenvalue weighted by molar-refractivity contribution is 0.0985. The number of hydrogen-bond donors (Lipinski definition) is 0. The van der Waals surface area contributed by atoms with Gasteiger partial charge < -0.3 is 4.90 Å². The molecule has 0 aliphatic rings. The largest absolute Gasteiger partial charge is 0.308 e. The molecule has 0 atom stereocenters. The van der Waals surface area contributed by atoms with Crippen molar-refractivity contribution in [2.45, 2.75) is 9.79 Å². The summed E-state index contributed by atoms with van der Waals surface area (Å²) < 4.78 is 50.8. The van der Waals surface area contributed by atoms with Gasteiger partial charge in [-0.3, -0.25) is 9.69 Å². The molecule has 0 radical (unpaired) electrons. The third-order valence-electron chi connectivity index (χ3n) is 4.90. The van der Waals surface area contributed by atoms with Crippen LogP contribution in [0.15, 0.2) is 52.3 Å². The third kappa shape index (κ3) is 5.41. The molecule has 178 valence electrons. The molecule has 0 saturated heterocycles. The van der Waals surface area contributed by atoms with Crippen LogP contribution in [0, 0.1) is 0 Å². The molecule has 3 aromatic rings. The van der Waals surface area contributed by atoms with Crippen LogP contribution in [-0.4, -0.2) is 84.5 Å². The summed E-state index contributed by atoms with van der Waals surface area (Å²) in [5, 5.41) is 0.373. The van der Waals surface area contributed by atoms with E-state index in [-0.39, 0.29) is 15.7 Å². The summed E-state index contributed by atoms with van der Waals surface area (Å²) in [5.74, 6) is -0.356. The summed E-state index contributed by atoms with van der Waals surface area (Å²) in [6.45, 7) is 0.866. The molecule has 1 amide bonds. The highest BCUT2D eigenvalue weighted by atomic mass is 32.2. The fourth-order valence-electron chi connectivity index (χ4n) is 3.05. The zero-order valence-electron chi connectivity index (χ0n) is 19.0. The van der Waals surface area contributed by atoms with Gasteiger partial charge in [0.25, 0.3) is 5.91 Å². The van der Waals surface area contributed by atoms with Gasteiger partial charge in [0.2, 0.25) is 10.0 Å². The molecule has 1 heterocycles. The van der Waals surface area contributed by atoms with Crippen molar-refractivity contribution in [1.82, 2.24) is 14.2 Å². The van der Waals surface area contributed by atoms with Gasteiger partial charge in [0.1, 0.15) is 5.52 Å². The van der Waals surface area contributed by atoms with Crippen LogP contribution in [0.2, 0.25) is 0 Å². The first-order valence-corrected chi connectivity index (χ1v) is 14.1. The predicted octanol–water partition coefficient (Wildman–Crippen LogP) is 2.16. The molecule has 0 aliphatic heterocycles. The van der Waals surface area contributed by atoms with E-state index in [1.165, 1.54) is 60.7 Å². The molecule has 0 aliphatic carbocycles. The van der Waals surface area contributed by atoms with Crippen LogP contribution in [0.4, 0.5) is 5.13 Å². The number of para-hydroxylation sites is 1. The number of nitrogens with zero attached hydrogens (tertiary/aromatic N) is 4. The summed E-state index contributed by atoms with van der Waals surface area (Å²) in [7, 11) is -0.472. The lowest BCUT2D eigenvalue weighted by Crippen LogP contribution is -2.36. The molecule has 0 spiro atoms. The lowest BCUT2D eigenvalue weighted by Gasteiger charge is -2.22. The Labute approximate surface area is 198 Å². The second kappa shape index (κ2) is 9.47. The topological polar surface area (TPSA) is 108 Å². The Kier molecular flexibility index (Phi) is 7.24. The van der Waals surface area contributed by atoms with Crippen molar-refractivity contribution in [3.63, 3.8) is 0 Å². The Morgan fingerprint density at radius 2 is 1.58 bits per heavy atom. The van der Waals surface area contributed by atoms with Gasteiger partial charge in [-0.15, -0.1) is 0 Å². The normalized spacial score (nSPS) is 12.6. The molecule has 1 aromatic heterocycles. The Balaban J connectivity index is 2.04. The van der Waals surface area contributed by atoms with E-state index in [0.717, 1.165) is 10.6 Å². The number of rotatable bonds is 8. The van der Waals surface area contributed by atoms with E-state index in [4.69, 9.17) is 0 Å². The first-order valence-electron chi connectivity index (χ1n) is 9.91. The second-order valence-corrected chi connectivity index (χ2v) is 13.1. The molecule has 0 N–H and O–H groups in total. The SMILES string of the molecule is CN(C)CCN(C(=O)c1ccc(S(=O)(=O)N(C)C)cc1)c1nc2c(S(C)(=O)=O)cccc2s1. The lowest BCUT2D eigenvalue weighted by atomic mass is 10.2. The van der Waals surface area contributed by atoms with Crippen molar-refractivity contribution in [2.24, 2.45) is 0 Å². The van der Waals surface area contributed by atoms with Crippen molar-refractivity contribution in [1.29, 1.82) is 0 Å². The van der Waals surface area contributed by atoms with Crippen molar-refractivity contribution < 1.29 is 21.6 Å². The molecule has 3 rings (SSSR count). The third-order valence-corrected chi connectivity index (χ3v) is 8.90. The zero-order valence-corrected chi connectivity index (χ0v) is 21.5. The minimum atomic E-state index is -3.61. The van der Waals surface area contributed by atoms with E-state index in [2.05, 4.69) is 4.98 Å². The number of sulfonamides is 1. The Morgan fingerprint density at radius 1 is 0.939 bits per heavy atom. The fourth-order valence-corrected chi connectivity index (χ4v) is 5.86. The van der Waals surface area contributed by atoms with Gasteiger partial charge in [-0.1, -0.05) is 17.4 Å². The second-order valence-electron chi connectivity index (χ2n) is 7.94. The Bertz CT molecular complexity index is 1380. The average molecular weight is 511 g/mol. The predicted molar refractivity (Wildman–Crippen MR) is 130 cm³/mol. The van der Waals surface area contributed by atoms with Gasteiger partial charge in [0.15, 0.2) is 15.0 Å². The first kappa shape index (κ1) is 25.2. The monoisotopic (exact) mass is 510 g/mol. The average Bonchev–Trinajstić information content (AvgIpc) is 3.16. The minimum Gasteiger partial charge on any atom is -0.308 e. The van der Waals surface area contributed by atoms with E-state index in [9.17, 15) is 21.6 Å². The van der Waals surface area contributed by atoms with E-state index in [1.807, 2.05) is 19.0 Å². The fraction of sp³-hybridized carbons (Fsp3) is 0.333. The summed E-state index contributed by atoms with van der Waals surface area (Å²) in [4.78, 5) is 21.5.